The molecule has 5 rings (SSSR count). The summed E-state index contributed by atoms with van der Waals surface area (Å²) < 4.78 is 5.61. The van der Waals surface area contributed by atoms with E-state index in [2.05, 4.69) is 9.78 Å². The van der Waals surface area contributed by atoms with Crippen molar-refractivity contribution in [2.75, 3.05) is 0 Å². The molecule has 0 bridgehead atoms. The van der Waals surface area contributed by atoms with Gasteiger partial charge in [0.05, 0.1) is 22.3 Å². The summed E-state index contributed by atoms with van der Waals surface area (Å²) in [5.41, 5.74) is 1.98. The van der Waals surface area contributed by atoms with Crippen LogP contribution in [0.1, 0.15) is 117 Å². The lowest BCUT2D eigenvalue weighted by Crippen LogP contribution is -2.22. The van der Waals surface area contributed by atoms with Gasteiger partial charge in [0.15, 0.2) is 0 Å². The molecule has 0 unspecified atom stereocenters. The Balaban J connectivity index is 0.000000201. The SMILES string of the molecule is O=C(O)c1ccc(C2CCCCC2)cc1C(=O)OC1CCCCC1.O=C(OOC(=O)c1ccccc1)c1ccccc1. The minimum Gasteiger partial charge on any atom is -0.478 e. The quantitative estimate of drug-likeness (QED) is 0.183. The Hall–Kier alpha value is -4.46. The first-order valence-electron chi connectivity index (χ1n) is 14.5. The molecule has 1 N–H and O–H groups in total. The van der Waals surface area contributed by atoms with Crippen LogP contribution in [0.5, 0.6) is 0 Å². The Morgan fingerprint density at radius 3 is 1.57 bits per heavy atom. The van der Waals surface area contributed by atoms with E-state index in [1.54, 1.807) is 72.8 Å². The molecular weight excluding hydrogens is 536 g/mol. The second-order valence-corrected chi connectivity index (χ2v) is 10.6. The molecule has 0 heterocycles. The molecule has 3 aromatic rings. The molecule has 0 aliphatic heterocycles. The van der Waals surface area contributed by atoms with E-state index in [-0.39, 0.29) is 17.2 Å². The summed E-state index contributed by atoms with van der Waals surface area (Å²) in [5.74, 6) is -2.53. The van der Waals surface area contributed by atoms with Crippen LogP contribution in [-0.4, -0.2) is 35.1 Å². The van der Waals surface area contributed by atoms with Gasteiger partial charge in [-0.2, -0.15) is 0 Å². The number of carbonyl (C=O) groups is 4. The van der Waals surface area contributed by atoms with Gasteiger partial charge in [0.1, 0.15) is 6.10 Å². The van der Waals surface area contributed by atoms with Crippen LogP contribution in [0.2, 0.25) is 0 Å². The number of esters is 1. The molecule has 0 aromatic heterocycles. The zero-order valence-electron chi connectivity index (χ0n) is 23.5. The van der Waals surface area contributed by atoms with E-state index in [4.69, 9.17) is 4.74 Å². The van der Waals surface area contributed by atoms with Gasteiger partial charge in [-0.15, -0.1) is 0 Å². The van der Waals surface area contributed by atoms with Gasteiger partial charge < -0.3 is 9.84 Å². The topological polar surface area (TPSA) is 116 Å². The van der Waals surface area contributed by atoms with Crippen molar-refractivity contribution in [2.24, 2.45) is 0 Å². The lowest BCUT2D eigenvalue weighted by Gasteiger charge is -2.24. The standard InChI is InChI=1S/C20H26O4.C14H10O4/c21-19(22)17-12-11-15(14-7-3-1-4-8-14)13-18(17)20(23)24-16-9-5-2-6-10-16;15-13(11-7-3-1-4-8-11)17-18-14(16)12-9-5-2-6-10-12/h11-14,16H,1-10H2,(H,21,22);1-10H. The molecular formula is C34H36O8. The largest absolute Gasteiger partial charge is 0.478 e. The summed E-state index contributed by atoms with van der Waals surface area (Å²) in [7, 11) is 0. The Morgan fingerprint density at radius 1 is 0.571 bits per heavy atom. The average molecular weight is 573 g/mol. The van der Waals surface area contributed by atoms with Gasteiger partial charge in [-0.05, 0) is 86.4 Å². The van der Waals surface area contributed by atoms with Gasteiger partial charge in [0, 0.05) is 0 Å². The van der Waals surface area contributed by atoms with Gasteiger partial charge in [-0.25, -0.2) is 29.0 Å². The van der Waals surface area contributed by atoms with E-state index in [1.165, 1.54) is 25.7 Å². The molecule has 0 amide bonds. The van der Waals surface area contributed by atoms with Crippen molar-refractivity contribution in [3.63, 3.8) is 0 Å². The number of aromatic carboxylic acids is 1. The van der Waals surface area contributed by atoms with Crippen molar-refractivity contribution in [3.05, 3.63) is 107 Å². The number of hydrogen-bond donors (Lipinski definition) is 1. The highest BCUT2D eigenvalue weighted by Crippen LogP contribution is 2.34. The third-order valence-corrected chi connectivity index (χ3v) is 7.61. The normalized spacial score (nSPS) is 15.4. The first kappa shape index (κ1) is 30.5. The maximum Gasteiger partial charge on any atom is 0.386 e. The summed E-state index contributed by atoms with van der Waals surface area (Å²) in [6.07, 6.45) is 10.9. The summed E-state index contributed by atoms with van der Waals surface area (Å²) in [4.78, 5) is 56.0. The maximum absolute atomic E-state index is 12.6. The van der Waals surface area contributed by atoms with Gasteiger partial charge in [-0.3, -0.25) is 0 Å². The van der Waals surface area contributed by atoms with Crippen molar-refractivity contribution < 1.29 is 38.8 Å². The van der Waals surface area contributed by atoms with E-state index in [1.807, 2.05) is 6.07 Å². The number of carboxylic acids is 1. The zero-order chi connectivity index (χ0) is 29.7. The van der Waals surface area contributed by atoms with Crippen molar-refractivity contribution in [1.29, 1.82) is 0 Å². The predicted octanol–water partition coefficient (Wildman–Crippen LogP) is 7.54. The van der Waals surface area contributed by atoms with Crippen LogP contribution >= 0.6 is 0 Å². The molecule has 42 heavy (non-hydrogen) atoms. The Morgan fingerprint density at radius 2 is 1.07 bits per heavy atom. The van der Waals surface area contributed by atoms with Crippen LogP contribution in [0.3, 0.4) is 0 Å². The number of hydrogen-bond acceptors (Lipinski definition) is 7. The third kappa shape index (κ3) is 8.77. The highest BCUT2D eigenvalue weighted by Gasteiger charge is 2.25. The van der Waals surface area contributed by atoms with Gasteiger partial charge in [0.25, 0.3) is 0 Å². The fraction of sp³-hybridized carbons (Fsp3) is 0.353. The highest BCUT2D eigenvalue weighted by molar-refractivity contribution is 6.02. The number of benzene rings is 3. The van der Waals surface area contributed by atoms with Gasteiger partial charge >= 0.3 is 23.9 Å². The highest BCUT2D eigenvalue weighted by atomic mass is 17.2. The molecule has 0 saturated heterocycles. The van der Waals surface area contributed by atoms with Crippen LogP contribution in [-0.2, 0) is 14.5 Å². The van der Waals surface area contributed by atoms with Crippen molar-refractivity contribution in [1.82, 2.24) is 0 Å². The molecule has 0 atom stereocenters. The van der Waals surface area contributed by atoms with Crippen LogP contribution in [0, 0.1) is 0 Å². The van der Waals surface area contributed by atoms with E-state index in [9.17, 15) is 24.3 Å². The van der Waals surface area contributed by atoms with E-state index in [0.29, 0.717) is 17.0 Å². The smallest absolute Gasteiger partial charge is 0.386 e. The molecule has 2 aliphatic carbocycles. The van der Waals surface area contributed by atoms with Gasteiger partial charge in [0.2, 0.25) is 0 Å². The zero-order valence-corrected chi connectivity index (χ0v) is 23.5. The summed E-state index contributed by atoms with van der Waals surface area (Å²) >= 11 is 0. The average Bonchev–Trinajstić information content (AvgIpc) is 3.05. The maximum atomic E-state index is 12.6. The van der Waals surface area contributed by atoms with Crippen LogP contribution in [0.25, 0.3) is 0 Å². The fourth-order valence-corrected chi connectivity index (χ4v) is 5.33. The minimum atomic E-state index is -1.07. The van der Waals surface area contributed by atoms with E-state index < -0.39 is 23.9 Å². The first-order chi connectivity index (χ1) is 20.4. The van der Waals surface area contributed by atoms with Crippen LogP contribution in [0.4, 0.5) is 0 Å². The number of carbonyl (C=O) groups excluding carboxylic acids is 3. The lowest BCUT2D eigenvalue weighted by molar-refractivity contribution is -0.187. The van der Waals surface area contributed by atoms with Crippen molar-refractivity contribution in [2.45, 2.75) is 76.2 Å². The molecule has 2 saturated carbocycles. The third-order valence-electron chi connectivity index (χ3n) is 7.61. The summed E-state index contributed by atoms with van der Waals surface area (Å²) in [6.45, 7) is 0. The van der Waals surface area contributed by atoms with E-state index >= 15 is 0 Å². The molecule has 0 spiro atoms. The molecule has 8 heteroatoms. The van der Waals surface area contributed by atoms with Crippen molar-refractivity contribution in [3.8, 4) is 0 Å². The monoisotopic (exact) mass is 572 g/mol. The summed E-state index contributed by atoms with van der Waals surface area (Å²) in [5, 5.41) is 9.41. The Labute approximate surface area is 245 Å². The molecule has 2 aliphatic rings. The molecule has 3 aromatic carbocycles. The number of ether oxygens (including phenoxy) is 1. The number of rotatable bonds is 6. The molecule has 0 radical (unpaired) electrons. The lowest BCUT2D eigenvalue weighted by atomic mass is 9.83. The second-order valence-electron chi connectivity index (χ2n) is 10.6. The van der Waals surface area contributed by atoms with Crippen LogP contribution < -0.4 is 0 Å². The minimum absolute atomic E-state index is 0.0513. The van der Waals surface area contributed by atoms with Crippen LogP contribution in [0.15, 0.2) is 78.9 Å². The Kier molecular flexibility index (Phi) is 11.3. The molecule has 220 valence electrons. The molecule has 2 fully saturated rings. The number of carboxylic acid groups (broad SMARTS) is 1. The first-order valence-corrected chi connectivity index (χ1v) is 14.5. The second kappa shape index (κ2) is 15.5. The predicted molar refractivity (Wildman–Crippen MR) is 155 cm³/mol. The van der Waals surface area contributed by atoms with E-state index in [0.717, 1.165) is 44.1 Å². The van der Waals surface area contributed by atoms with Crippen molar-refractivity contribution >= 4 is 23.9 Å². The van der Waals surface area contributed by atoms with Gasteiger partial charge in [-0.1, -0.05) is 68.1 Å². The summed E-state index contributed by atoms with van der Waals surface area (Å²) in [6, 6.07) is 21.8. The molecule has 8 nitrogen and oxygen atoms in total. The Bertz CT molecular complexity index is 1290. The fourth-order valence-electron chi connectivity index (χ4n) is 5.33.